The predicted octanol–water partition coefficient (Wildman–Crippen LogP) is 2.70. The summed E-state index contributed by atoms with van der Waals surface area (Å²) >= 11 is 0. The Morgan fingerprint density at radius 1 is 1.30 bits per heavy atom. The van der Waals surface area contributed by atoms with Gasteiger partial charge in [-0.25, -0.2) is 1.37 Å². The molecule has 0 bridgehead atoms. The molecule has 0 rings (SSSR count). The van der Waals surface area contributed by atoms with Crippen molar-refractivity contribution in [2.75, 3.05) is 6.54 Å². The number of hydrogen-bond donors (Lipinski definition) is 1. The summed E-state index contributed by atoms with van der Waals surface area (Å²) in [6, 6.07) is 0. The first kappa shape index (κ1) is 22.5. The van der Waals surface area contributed by atoms with E-state index in [4.69, 9.17) is 1.37 Å². The van der Waals surface area contributed by atoms with E-state index in [1.807, 2.05) is 27.7 Å². The minimum atomic E-state index is 0. The SMILES string of the molecule is CC.CC.[2H][CH2-].[CH2-]CN[CH2-].[Y+3]. The summed E-state index contributed by atoms with van der Waals surface area (Å²) < 4.78 is 5.50. The molecule has 0 aliphatic heterocycles. The summed E-state index contributed by atoms with van der Waals surface area (Å²) in [5, 5.41) is 2.57. The molecule has 0 aromatic carbocycles. The van der Waals surface area contributed by atoms with Gasteiger partial charge in [0.2, 0.25) is 0 Å². The Bertz CT molecular complexity index is 16.1. The zero-order valence-corrected chi connectivity index (χ0v) is 10.7. The topological polar surface area (TPSA) is 12.0 Å². The van der Waals surface area contributed by atoms with Gasteiger partial charge >= 0.3 is 32.7 Å². The van der Waals surface area contributed by atoms with Gasteiger partial charge in [-0.1, -0.05) is 27.7 Å². The van der Waals surface area contributed by atoms with Crippen LogP contribution < -0.4 is 5.32 Å². The summed E-state index contributed by atoms with van der Waals surface area (Å²) in [5.41, 5.74) is 0. The molecule has 0 amide bonds. The molecule has 0 radical (unpaired) electrons. The average molecular weight is 222 g/mol. The zero-order valence-electron chi connectivity index (χ0n) is 8.91. The van der Waals surface area contributed by atoms with Gasteiger partial charge in [0.1, 0.15) is 0 Å². The number of hydrogen-bond acceptors (Lipinski definition) is 1. The Morgan fingerprint density at radius 3 is 1.40 bits per heavy atom. The quantitative estimate of drug-likeness (QED) is 0.672. The second kappa shape index (κ2) is 88.1. The summed E-state index contributed by atoms with van der Waals surface area (Å²) in [4.78, 5) is 0. The van der Waals surface area contributed by atoms with E-state index in [0.29, 0.717) is 6.54 Å². The summed E-state index contributed by atoms with van der Waals surface area (Å²) in [6.45, 7) is 12.1. The first-order valence-electron chi connectivity index (χ1n) is 3.91. The number of rotatable bonds is 1. The Morgan fingerprint density at radius 2 is 1.40 bits per heavy atom. The van der Waals surface area contributed by atoms with Crippen LogP contribution >= 0.6 is 0 Å². The molecule has 0 aromatic rings. The van der Waals surface area contributed by atoms with Crippen LogP contribution in [0.2, 0.25) is 0 Å². The van der Waals surface area contributed by atoms with Gasteiger partial charge in [0, 0.05) is 0 Å². The van der Waals surface area contributed by atoms with Crippen LogP contribution in [-0.2, 0) is 32.7 Å². The fraction of sp³-hybridized carbons (Fsp3) is 0.625. The van der Waals surface area contributed by atoms with Crippen LogP contribution in [0, 0.1) is 21.4 Å². The molecule has 0 spiro atoms. The molecule has 0 atom stereocenters. The maximum atomic E-state index is 5.50. The smallest absolute Gasteiger partial charge is 0.498 e. The van der Waals surface area contributed by atoms with Gasteiger partial charge in [-0.2, -0.15) is 6.54 Å². The van der Waals surface area contributed by atoms with Crippen LogP contribution in [0.1, 0.15) is 29.1 Å². The molecule has 0 unspecified atom stereocenters. The molecule has 0 fully saturated rings. The second-order valence-electron chi connectivity index (χ2n) is 0.500. The van der Waals surface area contributed by atoms with Gasteiger partial charge < -0.3 is 19.6 Å². The summed E-state index contributed by atoms with van der Waals surface area (Å²) in [6.07, 6.45) is 0. The summed E-state index contributed by atoms with van der Waals surface area (Å²) in [5.74, 6) is 0. The van der Waals surface area contributed by atoms with E-state index in [2.05, 4.69) is 26.7 Å². The van der Waals surface area contributed by atoms with Crippen molar-refractivity contribution in [2.45, 2.75) is 27.7 Å². The van der Waals surface area contributed by atoms with Gasteiger partial charge in [-0.3, -0.25) is 7.05 Å². The third-order valence-electron chi connectivity index (χ3n) is 0.177. The maximum Gasteiger partial charge on any atom is 3.00 e. The van der Waals surface area contributed by atoms with E-state index in [-0.39, 0.29) is 32.7 Å². The molecule has 1 N–H and O–H groups in total. The van der Waals surface area contributed by atoms with Crippen molar-refractivity contribution in [3.63, 3.8) is 0 Å². The third kappa shape index (κ3) is 138. The molecule has 0 aromatic heterocycles. The molecule has 0 saturated carbocycles. The van der Waals surface area contributed by atoms with E-state index in [9.17, 15) is 0 Å². The third-order valence-corrected chi connectivity index (χ3v) is 0.177. The molecule has 1 nitrogen and oxygen atoms in total. The van der Waals surface area contributed by atoms with E-state index in [1.165, 1.54) is 0 Å². The Kier molecular flexibility index (Phi) is 198. The molecular formula is C8H22NY. The molecule has 0 saturated heterocycles. The van der Waals surface area contributed by atoms with E-state index in [0.717, 1.165) is 0 Å². The van der Waals surface area contributed by atoms with Gasteiger partial charge in [0.05, 0.1) is 0 Å². The van der Waals surface area contributed by atoms with E-state index >= 15 is 0 Å². The second-order valence-corrected chi connectivity index (χ2v) is 0.500. The van der Waals surface area contributed by atoms with Gasteiger partial charge in [0.15, 0.2) is 0 Å². The van der Waals surface area contributed by atoms with Crippen LogP contribution in [0.3, 0.4) is 0 Å². The first-order valence-corrected chi connectivity index (χ1v) is 3.21. The molecule has 2 heteroatoms. The van der Waals surface area contributed by atoms with E-state index < -0.39 is 0 Å². The normalized spacial score (nSPS) is 4.90. The monoisotopic (exact) mass is 222 g/mol. The molecule has 0 aliphatic rings. The number of nitrogens with one attached hydrogen (secondary N) is 1. The van der Waals surface area contributed by atoms with Crippen molar-refractivity contribution in [1.29, 1.82) is 0 Å². The van der Waals surface area contributed by atoms with Crippen LogP contribution in [-0.4, -0.2) is 6.54 Å². The van der Waals surface area contributed by atoms with Crippen LogP contribution in [0.25, 0.3) is 0 Å². The van der Waals surface area contributed by atoms with Gasteiger partial charge in [-0.05, 0) is 0 Å². The molecule has 0 aliphatic carbocycles. The van der Waals surface area contributed by atoms with E-state index in [1.54, 1.807) is 0 Å². The zero-order chi connectivity index (χ0) is 9.41. The van der Waals surface area contributed by atoms with Crippen molar-refractivity contribution in [3.05, 3.63) is 21.4 Å². The van der Waals surface area contributed by atoms with Gasteiger partial charge in [0.25, 0.3) is 0 Å². The largest absolute Gasteiger partial charge is 3.00 e. The summed E-state index contributed by atoms with van der Waals surface area (Å²) in [7, 11) is 5.79. The van der Waals surface area contributed by atoms with Crippen LogP contribution in [0.5, 0.6) is 0 Å². The molecule has 0 heterocycles. The Balaban J connectivity index is -0.0000000152. The standard InChI is InChI=1S/C3H7N.2C2H6.CH3.Y/c1-3-4-2;2*1-2;;/h4H,1-3H2;2*1-2H3;1H3;/q-2;;;-1;+3/i;;;1D;. The average Bonchev–Trinajstić information content (AvgIpc) is 2.14. The minimum absolute atomic E-state index is 0. The maximum absolute atomic E-state index is 5.50. The Labute approximate surface area is 94.6 Å². The van der Waals surface area contributed by atoms with Crippen molar-refractivity contribution < 1.29 is 34.1 Å². The van der Waals surface area contributed by atoms with Crippen molar-refractivity contribution >= 4 is 0 Å². The van der Waals surface area contributed by atoms with Crippen molar-refractivity contribution in [2.24, 2.45) is 0 Å². The van der Waals surface area contributed by atoms with Crippen LogP contribution in [0.4, 0.5) is 0 Å². The Hall–Kier alpha value is 1.06. The fourth-order valence-electron chi connectivity index (χ4n) is 0. The first-order chi connectivity index (χ1) is 4.91. The molecule has 10 heavy (non-hydrogen) atoms. The van der Waals surface area contributed by atoms with Crippen molar-refractivity contribution in [1.82, 2.24) is 5.32 Å². The molecular weight excluding hydrogens is 199 g/mol. The predicted molar refractivity (Wildman–Crippen MR) is 47.8 cm³/mol. The van der Waals surface area contributed by atoms with Crippen molar-refractivity contribution in [3.8, 4) is 0 Å². The molecule has 62 valence electrons. The minimum Gasteiger partial charge on any atom is -0.498 e. The van der Waals surface area contributed by atoms with Gasteiger partial charge in [-0.15, -0.1) is 0 Å². The van der Waals surface area contributed by atoms with Crippen LogP contribution in [0.15, 0.2) is 0 Å². The fourth-order valence-corrected chi connectivity index (χ4v) is 0.